The Kier molecular flexibility index (Phi) is 5.96. The van der Waals surface area contributed by atoms with Gasteiger partial charge in [-0.25, -0.2) is 8.42 Å². The van der Waals surface area contributed by atoms with E-state index in [9.17, 15) is 13.2 Å². The van der Waals surface area contributed by atoms with Gasteiger partial charge in [-0.3, -0.25) is 4.79 Å². The van der Waals surface area contributed by atoms with E-state index in [1.807, 2.05) is 42.5 Å². The largest absolute Gasteiger partial charge is 0.461 e. The standard InChI is InChI=1S/C23H22N4O4S2/c28-22(12-10-18-9-11-20(31-18)17-5-2-1-3-6-17)26-13-15-27(16-14-26)33(29,30)21-8-4-7-19-23(21)25-32-24-19/h1-9,11H,10,12-16H2. The third kappa shape index (κ3) is 4.41. The normalized spacial score (nSPS) is 15.2. The van der Waals surface area contributed by atoms with Gasteiger partial charge in [0.2, 0.25) is 15.9 Å². The number of benzene rings is 2. The van der Waals surface area contributed by atoms with E-state index in [1.165, 1.54) is 4.31 Å². The van der Waals surface area contributed by atoms with Crippen LogP contribution in [0, 0.1) is 0 Å². The maximum atomic E-state index is 13.2. The predicted octanol–water partition coefficient (Wildman–Crippen LogP) is 3.42. The minimum Gasteiger partial charge on any atom is -0.461 e. The Morgan fingerprint density at radius 2 is 1.73 bits per heavy atom. The van der Waals surface area contributed by atoms with Crippen molar-refractivity contribution in [3.05, 3.63) is 66.4 Å². The summed E-state index contributed by atoms with van der Waals surface area (Å²) in [6.45, 7) is 1.22. The van der Waals surface area contributed by atoms with E-state index in [0.29, 0.717) is 37.0 Å². The van der Waals surface area contributed by atoms with Gasteiger partial charge in [0.15, 0.2) is 0 Å². The number of amides is 1. The van der Waals surface area contributed by atoms with Gasteiger partial charge in [0.05, 0.1) is 11.7 Å². The number of carbonyl (C=O) groups excluding carboxylic acids is 1. The van der Waals surface area contributed by atoms with Crippen molar-refractivity contribution in [2.24, 2.45) is 0 Å². The van der Waals surface area contributed by atoms with Crippen molar-refractivity contribution < 1.29 is 17.6 Å². The third-order valence-corrected chi connectivity index (χ3v) is 8.24. The van der Waals surface area contributed by atoms with Crippen molar-refractivity contribution in [1.29, 1.82) is 0 Å². The number of hydrogen-bond acceptors (Lipinski definition) is 7. The van der Waals surface area contributed by atoms with Crippen LogP contribution in [0.15, 0.2) is 70.0 Å². The first kappa shape index (κ1) is 21.7. The molecule has 0 spiro atoms. The summed E-state index contributed by atoms with van der Waals surface area (Å²) in [6.07, 6.45) is 0.821. The molecular weight excluding hydrogens is 460 g/mol. The summed E-state index contributed by atoms with van der Waals surface area (Å²) in [5, 5.41) is 0. The molecule has 4 aromatic rings. The van der Waals surface area contributed by atoms with Gasteiger partial charge in [-0.1, -0.05) is 36.4 Å². The summed E-state index contributed by atoms with van der Waals surface area (Å²) < 4.78 is 41.9. The van der Waals surface area contributed by atoms with E-state index >= 15 is 0 Å². The highest BCUT2D eigenvalue weighted by atomic mass is 32.2. The molecule has 1 amide bonds. The first-order valence-electron chi connectivity index (χ1n) is 10.7. The number of fused-ring (bicyclic) bond motifs is 1. The molecule has 2 aromatic heterocycles. The number of piperazine rings is 1. The molecule has 3 heterocycles. The molecule has 0 atom stereocenters. The summed E-state index contributed by atoms with van der Waals surface area (Å²) >= 11 is 0.994. The highest BCUT2D eigenvalue weighted by Gasteiger charge is 2.31. The van der Waals surface area contributed by atoms with Crippen LogP contribution in [0.3, 0.4) is 0 Å². The van der Waals surface area contributed by atoms with Crippen molar-refractivity contribution in [1.82, 2.24) is 18.0 Å². The van der Waals surface area contributed by atoms with Gasteiger partial charge in [-0.15, -0.1) is 0 Å². The predicted molar refractivity (Wildman–Crippen MR) is 125 cm³/mol. The van der Waals surface area contributed by atoms with Crippen LogP contribution in [0.4, 0.5) is 0 Å². The number of rotatable bonds is 6. The Bertz CT molecular complexity index is 1370. The number of aromatic nitrogens is 2. The summed E-state index contributed by atoms with van der Waals surface area (Å²) in [5.41, 5.74) is 1.97. The van der Waals surface area contributed by atoms with Crippen molar-refractivity contribution >= 4 is 38.7 Å². The summed E-state index contributed by atoms with van der Waals surface area (Å²) in [5.74, 6) is 1.53. The fourth-order valence-corrected chi connectivity index (χ4v) is 6.14. The van der Waals surface area contributed by atoms with E-state index in [2.05, 4.69) is 8.75 Å². The van der Waals surface area contributed by atoms with Gasteiger partial charge in [-0.2, -0.15) is 13.1 Å². The Labute approximate surface area is 195 Å². The molecule has 2 aromatic carbocycles. The lowest BCUT2D eigenvalue weighted by molar-refractivity contribution is -0.132. The van der Waals surface area contributed by atoms with Crippen molar-refractivity contribution in [2.45, 2.75) is 17.7 Å². The molecule has 0 bridgehead atoms. The second-order valence-electron chi connectivity index (χ2n) is 7.80. The molecule has 170 valence electrons. The van der Waals surface area contributed by atoms with Crippen LogP contribution < -0.4 is 0 Å². The number of sulfonamides is 1. The molecule has 0 radical (unpaired) electrons. The zero-order valence-corrected chi connectivity index (χ0v) is 19.4. The lowest BCUT2D eigenvalue weighted by Gasteiger charge is -2.34. The van der Waals surface area contributed by atoms with Gasteiger partial charge < -0.3 is 9.32 Å². The lowest BCUT2D eigenvalue weighted by Crippen LogP contribution is -2.50. The summed E-state index contributed by atoms with van der Waals surface area (Å²) in [6, 6.07) is 18.6. The monoisotopic (exact) mass is 482 g/mol. The van der Waals surface area contributed by atoms with Crippen LogP contribution in [0.5, 0.6) is 0 Å². The van der Waals surface area contributed by atoms with Crippen LogP contribution in [0.1, 0.15) is 12.2 Å². The van der Waals surface area contributed by atoms with Gasteiger partial charge >= 0.3 is 0 Å². The fraction of sp³-hybridized carbons (Fsp3) is 0.261. The molecule has 0 unspecified atom stereocenters. The highest BCUT2D eigenvalue weighted by molar-refractivity contribution is 7.89. The van der Waals surface area contributed by atoms with Crippen LogP contribution in [0.2, 0.25) is 0 Å². The van der Waals surface area contributed by atoms with E-state index in [-0.39, 0.29) is 23.9 Å². The minimum atomic E-state index is -3.70. The lowest BCUT2D eigenvalue weighted by atomic mass is 10.2. The second-order valence-corrected chi connectivity index (χ2v) is 10.2. The molecule has 5 rings (SSSR count). The molecule has 1 saturated heterocycles. The van der Waals surface area contributed by atoms with Crippen LogP contribution in [-0.4, -0.2) is 58.5 Å². The van der Waals surface area contributed by atoms with Gasteiger partial charge in [0, 0.05) is 44.6 Å². The van der Waals surface area contributed by atoms with Gasteiger partial charge in [0.1, 0.15) is 27.4 Å². The van der Waals surface area contributed by atoms with Crippen molar-refractivity contribution in [3.8, 4) is 11.3 Å². The molecule has 33 heavy (non-hydrogen) atoms. The Hall–Kier alpha value is -3.08. The summed E-state index contributed by atoms with van der Waals surface area (Å²) in [4.78, 5) is 14.6. The number of aryl methyl sites for hydroxylation is 1. The topological polar surface area (TPSA) is 96.6 Å². The molecular formula is C23H22N4O4S2. The maximum Gasteiger partial charge on any atom is 0.245 e. The Balaban J connectivity index is 1.18. The Morgan fingerprint density at radius 1 is 0.939 bits per heavy atom. The molecule has 10 heteroatoms. The van der Waals surface area contributed by atoms with Gasteiger partial charge in [-0.05, 0) is 24.3 Å². The van der Waals surface area contributed by atoms with Crippen LogP contribution in [0.25, 0.3) is 22.4 Å². The quantitative estimate of drug-likeness (QED) is 0.418. The first-order chi connectivity index (χ1) is 16.0. The summed E-state index contributed by atoms with van der Waals surface area (Å²) in [7, 11) is -3.70. The smallest absolute Gasteiger partial charge is 0.245 e. The SMILES string of the molecule is O=C(CCc1ccc(-c2ccccc2)o1)N1CCN(S(=O)(=O)c2cccc3nsnc23)CC1. The van der Waals surface area contributed by atoms with Crippen molar-refractivity contribution in [3.63, 3.8) is 0 Å². The Morgan fingerprint density at radius 3 is 2.52 bits per heavy atom. The first-order valence-corrected chi connectivity index (χ1v) is 12.8. The van der Waals surface area contributed by atoms with Crippen LogP contribution >= 0.6 is 11.7 Å². The molecule has 0 N–H and O–H groups in total. The number of hydrogen-bond donors (Lipinski definition) is 0. The fourth-order valence-electron chi connectivity index (χ4n) is 3.96. The maximum absolute atomic E-state index is 13.2. The van der Waals surface area contributed by atoms with Crippen molar-refractivity contribution in [2.75, 3.05) is 26.2 Å². The third-order valence-electron chi connectivity index (χ3n) is 5.76. The second kappa shape index (κ2) is 9.05. The molecule has 0 aliphatic carbocycles. The molecule has 1 aliphatic rings. The zero-order chi connectivity index (χ0) is 22.8. The van der Waals surface area contributed by atoms with Gasteiger partial charge in [0.25, 0.3) is 0 Å². The zero-order valence-electron chi connectivity index (χ0n) is 17.8. The molecule has 0 saturated carbocycles. The number of furan rings is 1. The van der Waals surface area contributed by atoms with E-state index in [0.717, 1.165) is 28.8 Å². The highest BCUT2D eigenvalue weighted by Crippen LogP contribution is 2.26. The minimum absolute atomic E-state index is 0.00416. The average molecular weight is 483 g/mol. The van der Waals surface area contributed by atoms with E-state index in [1.54, 1.807) is 23.1 Å². The molecule has 1 fully saturated rings. The van der Waals surface area contributed by atoms with E-state index < -0.39 is 10.0 Å². The van der Waals surface area contributed by atoms with Crippen LogP contribution in [-0.2, 0) is 21.2 Å². The number of carbonyl (C=O) groups is 1. The average Bonchev–Trinajstić information content (AvgIpc) is 3.53. The van der Waals surface area contributed by atoms with E-state index in [4.69, 9.17) is 4.42 Å². The molecule has 1 aliphatic heterocycles. The number of nitrogens with zero attached hydrogens (tertiary/aromatic N) is 4. The molecule has 8 nitrogen and oxygen atoms in total.